The van der Waals surface area contributed by atoms with Gasteiger partial charge >= 0.3 is 0 Å². The average molecular weight is 352 g/mol. The lowest BCUT2D eigenvalue weighted by molar-refractivity contribution is -0.150. The topological polar surface area (TPSA) is 32.8 Å². The molecule has 2 heterocycles. The summed E-state index contributed by atoms with van der Waals surface area (Å²) in [6, 6.07) is 5.77. The van der Waals surface area contributed by atoms with E-state index in [0.717, 1.165) is 24.2 Å². The lowest BCUT2D eigenvalue weighted by atomic mass is 9.97. The predicted octanol–water partition coefficient (Wildman–Crippen LogP) is 3.37. The van der Waals surface area contributed by atoms with Gasteiger partial charge in [-0.25, -0.2) is 8.78 Å². The molecule has 0 radical (unpaired) electrons. The van der Waals surface area contributed by atoms with Gasteiger partial charge in [-0.05, 0) is 36.5 Å². The Morgan fingerprint density at radius 2 is 1.88 bits per heavy atom. The second-order valence-electron chi connectivity index (χ2n) is 7.40. The van der Waals surface area contributed by atoms with Crippen molar-refractivity contribution >= 4 is 5.91 Å². The molecule has 0 aromatic heterocycles. The van der Waals surface area contributed by atoms with Crippen molar-refractivity contribution in [3.8, 4) is 5.75 Å². The molecule has 4 nitrogen and oxygen atoms in total. The van der Waals surface area contributed by atoms with Crippen molar-refractivity contribution in [3.63, 3.8) is 0 Å². The highest BCUT2D eigenvalue weighted by atomic mass is 19.3. The monoisotopic (exact) mass is 352 g/mol. The molecule has 1 aromatic carbocycles. The molecular formula is C19H26F2N2O2. The van der Waals surface area contributed by atoms with Crippen LogP contribution in [-0.4, -0.2) is 61.0 Å². The lowest BCUT2D eigenvalue weighted by Crippen LogP contribution is -2.61. The van der Waals surface area contributed by atoms with E-state index in [4.69, 9.17) is 4.74 Å². The Labute approximate surface area is 147 Å². The first-order valence-electron chi connectivity index (χ1n) is 8.90. The number of likely N-dealkylation sites (tertiary alicyclic amines) is 2. The maximum absolute atomic E-state index is 13.0. The lowest BCUT2D eigenvalue weighted by Gasteiger charge is -2.46. The van der Waals surface area contributed by atoms with Crippen LogP contribution in [0.25, 0.3) is 0 Å². The van der Waals surface area contributed by atoms with Crippen molar-refractivity contribution < 1.29 is 18.3 Å². The number of halogens is 2. The predicted molar refractivity (Wildman–Crippen MR) is 92.5 cm³/mol. The molecule has 138 valence electrons. The summed E-state index contributed by atoms with van der Waals surface area (Å²) in [5, 5.41) is 0. The van der Waals surface area contributed by atoms with Crippen molar-refractivity contribution in [2.75, 3.05) is 33.3 Å². The van der Waals surface area contributed by atoms with Crippen LogP contribution < -0.4 is 4.74 Å². The molecule has 0 bridgehead atoms. The number of ether oxygens (including phenoxy) is 1. The van der Waals surface area contributed by atoms with Crippen LogP contribution in [-0.2, 0) is 0 Å². The quantitative estimate of drug-likeness (QED) is 0.833. The van der Waals surface area contributed by atoms with Gasteiger partial charge in [-0.3, -0.25) is 9.69 Å². The Bertz CT molecular complexity index is 632. The molecule has 2 aliphatic rings. The zero-order chi connectivity index (χ0) is 18.2. The summed E-state index contributed by atoms with van der Waals surface area (Å²) < 4.78 is 31.5. The van der Waals surface area contributed by atoms with E-state index in [1.807, 2.05) is 21.9 Å². The minimum Gasteiger partial charge on any atom is -0.496 e. The molecule has 0 atom stereocenters. The van der Waals surface area contributed by atoms with Gasteiger partial charge in [0.15, 0.2) is 0 Å². The van der Waals surface area contributed by atoms with Crippen LogP contribution in [0, 0.1) is 0 Å². The van der Waals surface area contributed by atoms with Crippen LogP contribution in [0.3, 0.4) is 0 Å². The zero-order valence-electron chi connectivity index (χ0n) is 15.1. The molecule has 0 N–H and O–H groups in total. The number of piperidine rings is 1. The number of benzene rings is 1. The third kappa shape index (κ3) is 3.78. The van der Waals surface area contributed by atoms with E-state index in [1.165, 1.54) is 0 Å². The van der Waals surface area contributed by atoms with E-state index in [9.17, 15) is 13.6 Å². The van der Waals surface area contributed by atoms with Gasteiger partial charge in [-0.1, -0.05) is 19.9 Å². The number of rotatable bonds is 4. The van der Waals surface area contributed by atoms with Crippen LogP contribution in [0.1, 0.15) is 48.5 Å². The normalized spacial score (nSPS) is 21.3. The van der Waals surface area contributed by atoms with Gasteiger partial charge in [-0.2, -0.15) is 0 Å². The number of carbonyl (C=O) groups excluding carboxylic acids is 1. The largest absolute Gasteiger partial charge is 0.496 e. The van der Waals surface area contributed by atoms with Crippen molar-refractivity contribution in [1.82, 2.24) is 9.80 Å². The molecule has 0 saturated carbocycles. The van der Waals surface area contributed by atoms with Gasteiger partial charge in [0.05, 0.1) is 20.2 Å². The standard InChI is InChI=1S/C19H26F2N2O2/c1-13(2)16-5-4-14(10-17(16)25-3)18(24)22-8-6-15(7-9-22)23-11-19(20,21)12-23/h4-5,10,13,15H,6-9,11-12H2,1-3H3. The Morgan fingerprint density at radius 3 is 2.40 bits per heavy atom. The van der Waals surface area contributed by atoms with Gasteiger partial charge < -0.3 is 9.64 Å². The summed E-state index contributed by atoms with van der Waals surface area (Å²) >= 11 is 0. The third-order valence-corrected chi connectivity index (χ3v) is 5.24. The summed E-state index contributed by atoms with van der Waals surface area (Å²) in [7, 11) is 1.61. The van der Waals surface area contributed by atoms with Crippen molar-refractivity contribution in [3.05, 3.63) is 29.3 Å². The fourth-order valence-corrected chi connectivity index (χ4v) is 3.74. The Balaban J connectivity index is 1.61. The third-order valence-electron chi connectivity index (χ3n) is 5.24. The van der Waals surface area contributed by atoms with Crippen LogP contribution >= 0.6 is 0 Å². The molecular weight excluding hydrogens is 326 g/mol. The minimum absolute atomic E-state index is 0.0130. The SMILES string of the molecule is COc1cc(C(=O)N2CCC(N3CC(F)(F)C3)CC2)ccc1C(C)C. The summed E-state index contributed by atoms with van der Waals surface area (Å²) in [6.45, 7) is 5.12. The Morgan fingerprint density at radius 1 is 1.24 bits per heavy atom. The molecule has 0 aliphatic carbocycles. The van der Waals surface area contributed by atoms with Crippen molar-refractivity contribution in [2.45, 2.75) is 44.6 Å². The second-order valence-corrected chi connectivity index (χ2v) is 7.40. The van der Waals surface area contributed by atoms with Gasteiger partial charge in [0.25, 0.3) is 11.8 Å². The molecule has 2 fully saturated rings. The van der Waals surface area contributed by atoms with E-state index in [-0.39, 0.29) is 25.0 Å². The number of hydrogen-bond acceptors (Lipinski definition) is 3. The fourth-order valence-electron chi connectivity index (χ4n) is 3.74. The van der Waals surface area contributed by atoms with Gasteiger partial charge in [0.1, 0.15) is 5.75 Å². The highest BCUT2D eigenvalue weighted by Gasteiger charge is 2.47. The second kappa shape index (κ2) is 6.90. The first-order valence-corrected chi connectivity index (χ1v) is 8.90. The number of amides is 1. The molecule has 25 heavy (non-hydrogen) atoms. The summed E-state index contributed by atoms with van der Waals surface area (Å²) in [5.41, 5.74) is 1.70. The van der Waals surface area contributed by atoms with Gasteiger partial charge in [-0.15, -0.1) is 0 Å². The highest BCUT2D eigenvalue weighted by Crippen LogP contribution is 2.32. The van der Waals surface area contributed by atoms with Crippen LogP contribution in [0.15, 0.2) is 18.2 Å². The molecule has 1 aromatic rings. The van der Waals surface area contributed by atoms with Gasteiger partial charge in [0, 0.05) is 24.7 Å². The van der Waals surface area contributed by atoms with Crippen LogP contribution in [0.5, 0.6) is 5.75 Å². The Hall–Kier alpha value is -1.69. The van der Waals surface area contributed by atoms with E-state index >= 15 is 0 Å². The zero-order valence-corrected chi connectivity index (χ0v) is 15.1. The number of hydrogen-bond donors (Lipinski definition) is 0. The number of carbonyl (C=O) groups is 1. The fraction of sp³-hybridized carbons (Fsp3) is 0.632. The first kappa shape index (κ1) is 18.1. The van der Waals surface area contributed by atoms with Crippen molar-refractivity contribution in [2.24, 2.45) is 0 Å². The van der Waals surface area contributed by atoms with Crippen molar-refractivity contribution in [1.29, 1.82) is 0 Å². The molecule has 6 heteroatoms. The maximum Gasteiger partial charge on any atom is 0.272 e. The summed E-state index contributed by atoms with van der Waals surface area (Å²) in [5.74, 6) is -1.48. The number of methoxy groups -OCH3 is 1. The summed E-state index contributed by atoms with van der Waals surface area (Å²) in [6.07, 6.45) is 1.51. The van der Waals surface area contributed by atoms with E-state index < -0.39 is 5.92 Å². The van der Waals surface area contributed by atoms with E-state index in [0.29, 0.717) is 24.6 Å². The smallest absolute Gasteiger partial charge is 0.272 e. The molecule has 0 spiro atoms. The first-order chi connectivity index (χ1) is 11.8. The van der Waals surface area contributed by atoms with Gasteiger partial charge in [0.2, 0.25) is 0 Å². The average Bonchev–Trinajstić information content (AvgIpc) is 2.58. The summed E-state index contributed by atoms with van der Waals surface area (Å²) in [4.78, 5) is 16.4. The molecule has 2 saturated heterocycles. The van der Waals surface area contributed by atoms with E-state index in [2.05, 4.69) is 13.8 Å². The minimum atomic E-state index is -2.53. The number of nitrogens with zero attached hydrogens (tertiary/aromatic N) is 2. The molecule has 1 amide bonds. The molecule has 2 aliphatic heterocycles. The highest BCUT2D eigenvalue weighted by molar-refractivity contribution is 5.94. The number of alkyl halides is 2. The molecule has 3 rings (SSSR count). The van der Waals surface area contributed by atoms with E-state index in [1.54, 1.807) is 13.2 Å². The Kier molecular flexibility index (Phi) is 5.00. The maximum atomic E-state index is 13.0. The molecule has 0 unspecified atom stereocenters. The van der Waals surface area contributed by atoms with Crippen LogP contribution in [0.4, 0.5) is 8.78 Å². The van der Waals surface area contributed by atoms with Crippen LogP contribution in [0.2, 0.25) is 0 Å².